The fourth-order valence-corrected chi connectivity index (χ4v) is 6.15. The number of thiophene rings is 2. The van der Waals surface area contributed by atoms with E-state index in [0.29, 0.717) is 30.1 Å². The third-order valence-corrected chi connectivity index (χ3v) is 7.91. The summed E-state index contributed by atoms with van der Waals surface area (Å²) in [5.41, 5.74) is 3.33. The minimum absolute atomic E-state index is 0.178. The van der Waals surface area contributed by atoms with Gasteiger partial charge in [-0.15, -0.1) is 22.7 Å². The number of alkyl carbamates (subject to hydrolysis) is 1. The number of aryl methyl sites for hydroxylation is 1. The van der Waals surface area contributed by atoms with Crippen molar-refractivity contribution in [1.82, 2.24) is 10.3 Å². The van der Waals surface area contributed by atoms with Gasteiger partial charge in [-0.3, -0.25) is 4.79 Å². The third kappa shape index (κ3) is 6.07. The van der Waals surface area contributed by atoms with Crippen LogP contribution in [0.1, 0.15) is 38.7 Å². The van der Waals surface area contributed by atoms with Crippen molar-refractivity contribution >= 4 is 57.1 Å². The molecule has 0 radical (unpaired) electrons. The Morgan fingerprint density at radius 3 is 3.00 bits per heavy atom. The number of thiazole rings is 1. The first-order valence-electron chi connectivity index (χ1n) is 10.4. The summed E-state index contributed by atoms with van der Waals surface area (Å²) < 4.78 is 5.41. The highest BCUT2D eigenvalue weighted by Gasteiger charge is 2.27. The molecule has 1 atom stereocenters. The molecule has 33 heavy (non-hydrogen) atoms. The van der Waals surface area contributed by atoms with Crippen molar-refractivity contribution in [2.75, 3.05) is 11.9 Å². The molecule has 3 aromatic rings. The van der Waals surface area contributed by atoms with Gasteiger partial charge in [-0.25, -0.2) is 9.78 Å². The van der Waals surface area contributed by atoms with Crippen LogP contribution in [0, 0.1) is 24.2 Å². The monoisotopic (exact) mass is 498 g/mol. The number of carbonyl (C=O) groups excluding carboxylic acids is 2. The number of rotatable bonds is 7. The molecule has 170 valence electrons. The van der Waals surface area contributed by atoms with Gasteiger partial charge in [0.1, 0.15) is 11.1 Å². The summed E-state index contributed by atoms with van der Waals surface area (Å²) in [5, 5.41) is 22.6. The second kappa shape index (κ2) is 10.7. The van der Waals surface area contributed by atoms with E-state index in [1.165, 1.54) is 17.4 Å². The summed E-state index contributed by atoms with van der Waals surface area (Å²) in [4.78, 5) is 29.7. The Morgan fingerprint density at radius 2 is 2.27 bits per heavy atom. The number of nitrogens with one attached hydrogen (secondary N) is 2. The number of carbonyl (C=O) groups is 2. The van der Waals surface area contributed by atoms with Gasteiger partial charge in [0.05, 0.1) is 29.4 Å². The van der Waals surface area contributed by atoms with Gasteiger partial charge in [-0.1, -0.05) is 0 Å². The summed E-state index contributed by atoms with van der Waals surface area (Å²) in [5.74, 6) is -0.0832. The average molecular weight is 499 g/mol. The van der Waals surface area contributed by atoms with Crippen LogP contribution in [0.25, 0.3) is 6.08 Å². The lowest BCUT2D eigenvalue weighted by Gasteiger charge is -2.21. The van der Waals surface area contributed by atoms with Crippen LogP contribution in [-0.4, -0.2) is 23.6 Å². The minimum Gasteiger partial charge on any atom is -0.449 e. The molecular weight excluding hydrogens is 476 g/mol. The Labute approximate surface area is 203 Å². The van der Waals surface area contributed by atoms with E-state index in [1.807, 2.05) is 29.1 Å². The molecule has 0 saturated carbocycles. The van der Waals surface area contributed by atoms with Crippen molar-refractivity contribution in [2.45, 2.75) is 32.7 Å². The number of anilines is 1. The third-order valence-electron chi connectivity index (χ3n) is 5.22. The predicted molar refractivity (Wildman–Crippen MR) is 132 cm³/mol. The van der Waals surface area contributed by atoms with Crippen molar-refractivity contribution in [3.8, 4) is 6.07 Å². The van der Waals surface area contributed by atoms with Crippen LogP contribution in [-0.2, 0) is 28.9 Å². The molecule has 0 aliphatic heterocycles. The minimum atomic E-state index is -0.458. The maximum absolute atomic E-state index is 12.3. The zero-order valence-electron chi connectivity index (χ0n) is 17.9. The lowest BCUT2D eigenvalue weighted by atomic mass is 9.88. The Hall–Kier alpha value is -3.00. The summed E-state index contributed by atoms with van der Waals surface area (Å²) in [6, 6.07) is 4.18. The Balaban J connectivity index is 1.31. The molecule has 3 heterocycles. The van der Waals surface area contributed by atoms with E-state index >= 15 is 0 Å². The van der Waals surface area contributed by atoms with Gasteiger partial charge >= 0.3 is 6.09 Å². The van der Waals surface area contributed by atoms with Crippen LogP contribution in [0.3, 0.4) is 0 Å². The first-order valence-corrected chi connectivity index (χ1v) is 13.0. The molecule has 3 aromatic heterocycles. The zero-order valence-corrected chi connectivity index (χ0v) is 20.4. The molecule has 1 unspecified atom stereocenters. The molecule has 2 amide bonds. The van der Waals surface area contributed by atoms with Gasteiger partial charge in [-0.05, 0) is 66.1 Å². The normalized spacial score (nSPS) is 15.1. The number of aromatic nitrogens is 1. The van der Waals surface area contributed by atoms with Crippen molar-refractivity contribution in [2.24, 2.45) is 5.92 Å². The van der Waals surface area contributed by atoms with Crippen LogP contribution in [0.4, 0.5) is 9.80 Å². The lowest BCUT2D eigenvalue weighted by molar-refractivity contribution is -0.111. The number of nitrogens with zero attached hydrogens (tertiary/aromatic N) is 2. The Morgan fingerprint density at radius 1 is 1.39 bits per heavy atom. The molecule has 4 rings (SSSR count). The van der Waals surface area contributed by atoms with Gasteiger partial charge in [0.25, 0.3) is 0 Å². The van der Waals surface area contributed by atoms with E-state index in [1.54, 1.807) is 28.7 Å². The van der Waals surface area contributed by atoms with Crippen molar-refractivity contribution in [3.63, 3.8) is 0 Å². The van der Waals surface area contributed by atoms with Crippen LogP contribution in [0.5, 0.6) is 0 Å². The molecule has 0 saturated heterocycles. The highest BCUT2D eigenvalue weighted by Crippen LogP contribution is 2.39. The van der Waals surface area contributed by atoms with E-state index in [-0.39, 0.29) is 11.8 Å². The van der Waals surface area contributed by atoms with E-state index in [0.717, 1.165) is 39.5 Å². The topological polar surface area (TPSA) is 104 Å². The second-order valence-corrected chi connectivity index (χ2v) is 10.6. The molecule has 0 spiro atoms. The standard InChI is InChI=1S/C23H22N4O3S3/c1-14-26-17(13-32-14)10-25-23(29)30-11-16-2-4-18-19(9-24)22(33-20(18)8-16)27-21(28)5-3-15-6-7-31-12-15/h3,5-7,12-13,16H,2,4,8,10-11H2,1H3,(H,25,29)(H,27,28). The lowest BCUT2D eigenvalue weighted by Crippen LogP contribution is -2.27. The summed E-state index contributed by atoms with van der Waals surface area (Å²) in [6.45, 7) is 2.58. The largest absolute Gasteiger partial charge is 0.449 e. The highest BCUT2D eigenvalue weighted by atomic mass is 32.1. The van der Waals surface area contributed by atoms with Gasteiger partial charge in [0, 0.05) is 16.3 Å². The van der Waals surface area contributed by atoms with Crippen LogP contribution in [0.2, 0.25) is 0 Å². The van der Waals surface area contributed by atoms with E-state index in [2.05, 4.69) is 21.7 Å². The highest BCUT2D eigenvalue weighted by molar-refractivity contribution is 7.16. The van der Waals surface area contributed by atoms with Crippen LogP contribution in [0.15, 0.2) is 28.3 Å². The molecule has 0 fully saturated rings. The van der Waals surface area contributed by atoms with Crippen molar-refractivity contribution in [3.05, 3.63) is 60.6 Å². The number of hydrogen-bond donors (Lipinski definition) is 2. The maximum Gasteiger partial charge on any atom is 0.407 e. The van der Waals surface area contributed by atoms with E-state index < -0.39 is 6.09 Å². The Bertz CT molecular complexity index is 1200. The number of ether oxygens (including phenoxy) is 1. The van der Waals surface area contributed by atoms with Crippen LogP contribution >= 0.6 is 34.0 Å². The van der Waals surface area contributed by atoms with Gasteiger partial charge in [0.2, 0.25) is 5.91 Å². The Kier molecular flexibility index (Phi) is 7.54. The predicted octanol–water partition coefficient (Wildman–Crippen LogP) is 5.13. The zero-order chi connectivity index (χ0) is 23.2. The van der Waals surface area contributed by atoms with Crippen LogP contribution < -0.4 is 10.6 Å². The molecule has 10 heteroatoms. The van der Waals surface area contributed by atoms with Gasteiger partial charge in [-0.2, -0.15) is 16.6 Å². The molecule has 0 aromatic carbocycles. The fraction of sp³-hybridized carbons (Fsp3) is 0.304. The SMILES string of the molecule is Cc1nc(CNC(=O)OCC2CCc3c(sc(NC(=O)C=Cc4ccsc4)c3C#N)C2)cs1. The number of amides is 2. The number of fused-ring (bicyclic) bond motifs is 1. The molecular formula is C23H22N4O3S3. The van der Waals surface area contributed by atoms with E-state index in [9.17, 15) is 14.9 Å². The van der Waals surface area contributed by atoms with Gasteiger partial charge in [0.15, 0.2) is 0 Å². The van der Waals surface area contributed by atoms with Gasteiger partial charge < -0.3 is 15.4 Å². The molecule has 0 bridgehead atoms. The summed E-state index contributed by atoms with van der Waals surface area (Å²) in [7, 11) is 0. The van der Waals surface area contributed by atoms with Crippen molar-refractivity contribution < 1.29 is 14.3 Å². The summed E-state index contributed by atoms with van der Waals surface area (Å²) >= 11 is 4.54. The summed E-state index contributed by atoms with van der Waals surface area (Å²) in [6.07, 6.45) is 5.03. The smallest absolute Gasteiger partial charge is 0.407 e. The van der Waals surface area contributed by atoms with Crippen molar-refractivity contribution in [1.29, 1.82) is 5.26 Å². The fourth-order valence-electron chi connectivity index (χ4n) is 3.59. The first kappa shape index (κ1) is 23.2. The molecule has 1 aliphatic rings. The number of nitriles is 1. The molecule has 1 aliphatic carbocycles. The first-order chi connectivity index (χ1) is 16.0. The quantitative estimate of drug-likeness (QED) is 0.440. The average Bonchev–Trinajstić information content (AvgIpc) is 3.54. The maximum atomic E-state index is 12.3. The second-order valence-electron chi connectivity index (χ2n) is 7.62. The van der Waals surface area contributed by atoms with E-state index in [4.69, 9.17) is 4.74 Å². The number of hydrogen-bond acceptors (Lipinski definition) is 8. The molecule has 2 N–H and O–H groups in total. The molecule has 7 nitrogen and oxygen atoms in total.